The van der Waals surface area contributed by atoms with Crippen LogP contribution in [0.3, 0.4) is 0 Å². The Morgan fingerprint density at radius 1 is 1.21 bits per heavy atom. The van der Waals surface area contributed by atoms with Crippen LogP contribution in [0.4, 0.5) is 24.5 Å². The summed E-state index contributed by atoms with van der Waals surface area (Å²) >= 11 is 0. The number of carbonyl (C=O) groups excluding carboxylic acids is 2. The van der Waals surface area contributed by atoms with E-state index in [0.29, 0.717) is 12.1 Å². The van der Waals surface area contributed by atoms with E-state index in [1.165, 1.54) is 4.90 Å². The number of halogens is 3. The summed E-state index contributed by atoms with van der Waals surface area (Å²) in [5.74, 6) is -1.28. The van der Waals surface area contributed by atoms with Crippen molar-refractivity contribution in [2.45, 2.75) is 46.0 Å². The van der Waals surface area contributed by atoms with Crippen molar-refractivity contribution < 1.29 is 32.4 Å². The predicted octanol–water partition coefficient (Wildman–Crippen LogP) is 3.21. The first-order valence-corrected chi connectivity index (χ1v) is 8.40. The third-order valence-corrected chi connectivity index (χ3v) is 3.70. The van der Waals surface area contributed by atoms with Gasteiger partial charge in [-0.1, -0.05) is 0 Å². The summed E-state index contributed by atoms with van der Waals surface area (Å²) in [5.41, 5.74) is -2.28. The van der Waals surface area contributed by atoms with E-state index < -0.39 is 47.4 Å². The molecule has 0 aromatic heterocycles. The molecule has 0 radical (unpaired) electrons. The van der Waals surface area contributed by atoms with Crippen LogP contribution in [-0.2, 0) is 20.5 Å². The van der Waals surface area contributed by atoms with Gasteiger partial charge in [0.15, 0.2) is 6.61 Å². The van der Waals surface area contributed by atoms with Crippen LogP contribution in [0.25, 0.3) is 0 Å². The topological polar surface area (TPSA) is 102 Å². The average Bonchev–Trinajstić information content (AvgIpc) is 2.56. The molecule has 8 nitrogen and oxygen atoms in total. The monoisotopic (exact) mass is 405 g/mol. The zero-order valence-corrected chi connectivity index (χ0v) is 15.9. The largest absolute Gasteiger partial charge is 0.454 e. The molecule has 156 valence electrons. The van der Waals surface area contributed by atoms with Crippen LogP contribution < -0.4 is 5.32 Å². The molecular formula is C17H22F3N3O5. The summed E-state index contributed by atoms with van der Waals surface area (Å²) in [6.45, 7) is 6.18. The molecule has 0 bridgehead atoms. The maximum absolute atomic E-state index is 12.7. The van der Waals surface area contributed by atoms with E-state index in [4.69, 9.17) is 4.74 Å². The van der Waals surface area contributed by atoms with Gasteiger partial charge in [-0.3, -0.25) is 19.7 Å². The van der Waals surface area contributed by atoms with E-state index in [-0.39, 0.29) is 17.8 Å². The fourth-order valence-corrected chi connectivity index (χ4v) is 2.62. The molecule has 1 aromatic carbocycles. The highest BCUT2D eigenvalue weighted by atomic mass is 19.4. The van der Waals surface area contributed by atoms with Gasteiger partial charge in [-0.2, -0.15) is 13.2 Å². The zero-order valence-electron chi connectivity index (χ0n) is 15.9. The minimum absolute atomic E-state index is 0.0980. The van der Waals surface area contributed by atoms with Crippen molar-refractivity contribution in [2.24, 2.45) is 0 Å². The number of esters is 1. The maximum Gasteiger partial charge on any atom is 0.416 e. The molecule has 0 saturated heterocycles. The highest BCUT2D eigenvalue weighted by molar-refractivity contribution is 5.83. The second-order valence-corrected chi connectivity index (χ2v) is 6.49. The normalized spacial score (nSPS) is 11.5. The third kappa shape index (κ3) is 6.39. The Balaban J connectivity index is 2.73. The molecule has 11 heteroatoms. The number of carbonyl (C=O) groups is 2. The number of nitro groups is 1. The number of nitrogens with zero attached hydrogens (tertiary/aromatic N) is 2. The van der Waals surface area contributed by atoms with Gasteiger partial charge in [-0.25, -0.2) is 0 Å². The number of rotatable bonds is 8. The molecule has 1 rings (SSSR count). The molecule has 1 aromatic rings. The van der Waals surface area contributed by atoms with Crippen LogP contribution in [0.2, 0.25) is 0 Å². The molecule has 28 heavy (non-hydrogen) atoms. The molecule has 0 heterocycles. The quantitative estimate of drug-likeness (QED) is 0.405. The summed E-state index contributed by atoms with van der Waals surface area (Å²) in [4.78, 5) is 35.4. The number of hydrogen-bond donors (Lipinski definition) is 1. The number of benzene rings is 1. The van der Waals surface area contributed by atoms with Crippen LogP contribution in [0.5, 0.6) is 0 Å². The van der Waals surface area contributed by atoms with E-state index in [1.807, 2.05) is 27.7 Å². The lowest BCUT2D eigenvalue weighted by atomic mass is 10.1. The Bertz CT molecular complexity index is 727. The van der Waals surface area contributed by atoms with Crippen molar-refractivity contribution in [3.05, 3.63) is 33.9 Å². The Morgan fingerprint density at radius 2 is 1.79 bits per heavy atom. The molecule has 0 aliphatic heterocycles. The van der Waals surface area contributed by atoms with Crippen LogP contribution >= 0.6 is 0 Å². The van der Waals surface area contributed by atoms with Gasteiger partial charge in [0.25, 0.3) is 11.6 Å². The Morgan fingerprint density at radius 3 is 2.25 bits per heavy atom. The van der Waals surface area contributed by atoms with E-state index in [9.17, 15) is 32.9 Å². The van der Waals surface area contributed by atoms with E-state index in [2.05, 4.69) is 5.32 Å². The average molecular weight is 405 g/mol. The van der Waals surface area contributed by atoms with Crippen molar-refractivity contribution >= 4 is 23.3 Å². The molecule has 1 N–H and O–H groups in total. The van der Waals surface area contributed by atoms with Gasteiger partial charge >= 0.3 is 12.1 Å². The fraction of sp³-hybridized carbons (Fsp3) is 0.529. The molecule has 0 aliphatic rings. The predicted molar refractivity (Wildman–Crippen MR) is 94.7 cm³/mol. The lowest BCUT2D eigenvalue weighted by Crippen LogP contribution is -2.44. The zero-order chi connectivity index (χ0) is 21.6. The summed E-state index contributed by atoms with van der Waals surface area (Å²) in [5, 5.41) is 13.4. The summed E-state index contributed by atoms with van der Waals surface area (Å²) in [6, 6.07) is 1.70. The molecular weight excluding hydrogens is 383 g/mol. The van der Waals surface area contributed by atoms with Gasteiger partial charge in [-0.15, -0.1) is 0 Å². The van der Waals surface area contributed by atoms with E-state index >= 15 is 0 Å². The molecule has 0 spiro atoms. The SMILES string of the molecule is CC(C)N(C(=O)COC(=O)CNc1ccc(C(F)(F)F)cc1[N+](=O)[O-])C(C)C. The first-order chi connectivity index (χ1) is 12.8. The lowest BCUT2D eigenvalue weighted by Gasteiger charge is -2.30. The molecule has 1 amide bonds. The number of alkyl halides is 3. The molecule has 0 fully saturated rings. The second-order valence-electron chi connectivity index (χ2n) is 6.49. The van der Waals surface area contributed by atoms with E-state index in [1.54, 1.807) is 0 Å². The summed E-state index contributed by atoms with van der Waals surface area (Å²) in [7, 11) is 0. The lowest BCUT2D eigenvalue weighted by molar-refractivity contribution is -0.384. The van der Waals surface area contributed by atoms with Crippen molar-refractivity contribution in [1.29, 1.82) is 0 Å². The Labute approximate surface area is 159 Å². The minimum Gasteiger partial charge on any atom is -0.454 e. The van der Waals surface area contributed by atoms with Crippen LogP contribution in [0.1, 0.15) is 33.3 Å². The van der Waals surface area contributed by atoms with Gasteiger partial charge in [-0.05, 0) is 39.8 Å². The van der Waals surface area contributed by atoms with Crippen molar-refractivity contribution in [3.8, 4) is 0 Å². The van der Waals surface area contributed by atoms with Gasteiger partial charge in [0.2, 0.25) is 0 Å². The maximum atomic E-state index is 12.7. The number of anilines is 1. The number of ether oxygens (including phenoxy) is 1. The smallest absolute Gasteiger partial charge is 0.416 e. The second kappa shape index (κ2) is 9.38. The third-order valence-electron chi connectivity index (χ3n) is 3.70. The van der Waals surface area contributed by atoms with Crippen LogP contribution in [0, 0.1) is 10.1 Å². The van der Waals surface area contributed by atoms with Gasteiger partial charge in [0.05, 0.1) is 10.5 Å². The van der Waals surface area contributed by atoms with E-state index in [0.717, 1.165) is 6.07 Å². The Hall–Kier alpha value is -2.85. The van der Waals surface area contributed by atoms with Crippen LogP contribution in [-0.4, -0.2) is 46.9 Å². The molecule has 0 atom stereocenters. The highest BCUT2D eigenvalue weighted by Gasteiger charge is 2.33. The van der Waals surface area contributed by atoms with Gasteiger partial charge < -0.3 is 15.0 Å². The number of amides is 1. The van der Waals surface area contributed by atoms with Gasteiger partial charge in [0.1, 0.15) is 12.2 Å². The number of nitro benzene ring substituents is 1. The number of hydrogen-bond acceptors (Lipinski definition) is 6. The standard InChI is InChI=1S/C17H22F3N3O5/c1-10(2)22(11(3)4)15(24)9-28-16(25)8-21-13-6-5-12(17(18,19)20)7-14(13)23(26)27/h5-7,10-11,21H,8-9H2,1-4H3. The molecule has 0 unspecified atom stereocenters. The summed E-state index contributed by atoms with van der Waals surface area (Å²) in [6.07, 6.45) is -4.73. The first-order valence-electron chi connectivity index (χ1n) is 8.40. The fourth-order valence-electron chi connectivity index (χ4n) is 2.62. The number of nitrogens with one attached hydrogen (secondary N) is 1. The minimum atomic E-state index is -4.73. The Kier molecular flexibility index (Phi) is 7.77. The van der Waals surface area contributed by atoms with Crippen molar-refractivity contribution in [3.63, 3.8) is 0 Å². The molecule has 0 saturated carbocycles. The van der Waals surface area contributed by atoms with Crippen LogP contribution in [0.15, 0.2) is 18.2 Å². The van der Waals surface area contributed by atoms with Gasteiger partial charge in [0, 0.05) is 18.2 Å². The highest BCUT2D eigenvalue weighted by Crippen LogP contribution is 2.34. The summed E-state index contributed by atoms with van der Waals surface area (Å²) < 4.78 is 42.9. The van der Waals surface area contributed by atoms with Crippen molar-refractivity contribution in [2.75, 3.05) is 18.5 Å². The molecule has 0 aliphatic carbocycles. The van der Waals surface area contributed by atoms with Crippen molar-refractivity contribution in [1.82, 2.24) is 4.90 Å². The first kappa shape index (κ1) is 23.2.